The molecular formula is C19H11F4N3. The van der Waals surface area contributed by atoms with Gasteiger partial charge in [0.15, 0.2) is 23.3 Å². The summed E-state index contributed by atoms with van der Waals surface area (Å²) >= 11 is 0. The zero-order valence-corrected chi connectivity index (χ0v) is 13.2. The van der Waals surface area contributed by atoms with Crippen LogP contribution in [-0.2, 0) is 0 Å². The molecule has 3 rings (SSSR count). The molecule has 0 bridgehead atoms. The molecule has 1 heterocycles. The molecule has 0 amide bonds. The van der Waals surface area contributed by atoms with Crippen molar-refractivity contribution in [2.75, 3.05) is 0 Å². The lowest BCUT2D eigenvalue weighted by Crippen LogP contribution is -1.93. The lowest BCUT2D eigenvalue weighted by Gasteiger charge is -1.98. The summed E-state index contributed by atoms with van der Waals surface area (Å²) in [6.07, 6.45) is 2.78. The summed E-state index contributed by atoms with van der Waals surface area (Å²) in [7, 11) is 0. The summed E-state index contributed by atoms with van der Waals surface area (Å²) in [4.78, 5) is 12.3. The number of pyridine rings is 1. The summed E-state index contributed by atoms with van der Waals surface area (Å²) in [5, 5.41) is 0. The van der Waals surface area contributed by atoms with Crippen molar-refractivity contribution >= 4 is 23.8 Å². The number of aromatic nitrogens is 1. The third kappa shape index (κ3) is 4.38. The maximum absolute atomic E-state index is 13.2. The molecule has 0 aliphatic rings. The molecule has 0 fully saturated rings. The number of hydrogen-bond acceptors (Lipinski definition) is 3. The molecule has 0 saturated carbocycles. The van der Waals surface area contributed by atoms with Crippen LogP contribution in [0.2, 0.25) is 0 Å². The van der Waals surface area contributed by atoms with Crippen molar-refractivity contribution in [2.45, 2.75) is 0 Å². The second kappa shape index (κ2) is 7.69. The third-order valence-electron chi connectivity index (χ3n) is 3.29. The van der Waals surface area contributed by atoms with Gasteiger partial charge in [0.1, 0.15) is 0 Å². The average molecular weight is 357 g/mol. The van der Waals surface area contributed by atoms with Gasteiger partial charge in [-0.1, -0.05) is 6.07 Å². The SMILES string of the molecule is Fc1ccc(N=Cc2cccc(C=Nc3ccc(F)c(F)c3)n2)cc1F. The van der Waals surface area contributed by atoms with Crippen LogP contribution in [0.3, 0.4) is 0 Å². The Labute approximate surface area is 146 Å². The first-order chi connectivity index (χ1) is 12.5. The van der Waals surface area contributed by atoms with Crippen LogP contribution in [0.1, 0.15) is 11.4 Å². The predicted octanol–water partition coefficient (Wildman–Crippen LogP) is 5.14. The zero-order valence-electron chi connectivity index (χ0n) is 13.2. The molecule has 3 nitrogen and oxygen atoms in total. The highest BCUT2D eigenvalue weighted by Crippen LogP contribution is 2.17. The lowest BCUT2D eigenvalue weighted by atomic mass is 10.3. The van der Waals surface area contributed by atoms with E-state index < -0.39 is 23.3 Å². The van der Waals surface area contributed by atoms with Crippen LogP contribution >= 0.6 is 0 Å². The van der Waals surface area contributed by atoms with Gasteiger partial charge in [-0.05, 0) is 36.4 Å². The van der Waals surface area contributed by atoms with Crippen molar-refractivity contribution in [3.8, 4) is 0 Å². The number of nitrogens with zero attached hydrogens (tertiary/aromatic N) is 3. The maximum atomic E-state index is 13.2. The fraction of sp³-hybridized carbons (Fsp3) is 0. The molecule has 7 heteroatoms. The number of hydrogen-bond donors (Lipinski definition) is 0. The van der Waals surface area contributed by atoms with E-state index in [1.54, 1.807) is 18.2 Å². The Morgan fingerprint density at radius 2 is 1.08 bits per heavy atom. The Hall–Kier alpha value is -3.35. The van der Waals surface area contributed by atoms with Gasteiger partial charge in [-0.2, -0.15) is 0 Å². The lowest BCUT2D eigenvalue weighted by molar-refractivity contribution is 0.509. The largest absolute Gasteiger partial charge is 0.255 e. The highest BCUT2D eigenvalue weighted by molar-refractivity contribution is 5.84. The Morgan fingerprint density at radius 1 is 0.615 bits per heavy atom. The van der Waals surface area contributed by atoms with Crippen molar-refractivity contribution in [3.63, 3.8) is 0 Å². The fourth-order valence-electron chi connectivity index (χ4n) is 2.02. The van der Waals surface area contributed by atoms with E-state index in [0.29, 0.717) is 11.4 Å². The Bertz CT molecular complexity index is 923. The van der Waals surface area contributed by atoms with Crippen molar-refractivity contribution in [3.05, 3.63) is 89.3 Å². The molecule has 0 radical (unpaired) electrons. The van der Waals surface area contributed by atoms with Crippen molar-refractivity contribution in [1.82, 2.24) is 4.98 Å². The first-order valence-electron chi connectivity index (χ1n) is 7.46. The third-order valence-corrected chi connectivity index (χ3v) is 3.29. The summed E-state index contributed by atoms with van der Waals surface area (Å²) in [6, 6.07) is 11.6. The van der Waals surface area contributed by atoms with Gasteiger partial charge in [-0.15, -0.1) is 0 Å². The van der Waals surface area contributed by atoms with Gasteiger partial charge in [0.05, 0.1) is 35.2 Å². The topological polar surface area (TPSA) is 37.6 Å². The second-order valence-corrected chi connectivity index (χ2v) is 5.20. The fourth-order valence-corrected chi connectivity index (χ4v) is 2.02. The second-order valence-electron chi connectivity index (χ2n) is 5.20. The molecule has 1 aromatic heterocycles. The molecule has 130 valence electrons. The van der Waals surface area contributed by atoms with Crippen LogP contribution in [0.5, 0.6) is 0 Å². The molecule has 26 heavy (non-hydrogen) atoms. The van der Waals surface area contributed by atoms with E-state index in [-0.39, 0.29) is 11.4 Å². The van der Waals surface area contributed by atoms with Crippen molar-refractivity contribution in [1.29, 1.82) is 0 Å². The first kappa shape index (κ1) is 17.5. The van der Waals surface area contributed by atoms with Gasteiger partial charge >= 0.3 is 0 Å². The van der Waals surface area contributed by atoms with E-state index in [1.165, 1.54) is 24.6 Å². The number of aliphatic imine (C=N–C) groups is 2. The van der Waals surface area contributed by atoms with Crippen LogP contribution in [0.4, 0.5) is 28.9 Å². The normalized spacial score (nSPS) is 11.5. The summed E-state index contributed by atoms with van der Waals surface area (Å²) in [5.41, 5.74) is 1.41. The van der Waals surface area contributed by atoms with Crippen molar-refractivity contribution < 1.29 is 17.6 Å². The maximum Gasteiger partial charge on any atom is 0.160 e. The van der Waals surface area contributed by atoms with E-state index >= 15 is 0 Å². The molecule has 0 atom stereocenters. The minimum absolute atomic E-state index is 0.242. The molecular weight excluding hydrogens is 346 g/mol. The van der Waals surface area contributed by atoms with Gasteiger partial charge in [-0.3, -0.25) is 9.98 Å². The molecule has 2 aromatic carbocycles. The quantitative estimate of drug-likeness (QED) is 0.471. The molecule has 0 N–H and O–H groups in total. The highest BCUT2D eigenvalue weighted by atomic mass is 19.2. The van der Waals surface area contributed by atoms with Gasteiger partial charge in [0, 0.05) is 12.1 Å². The van der Waals surface area contributed by atoms with Crippen molar-refractivity contribution in [2.24, 2.45) is 9.98 Å². The minimum atomic E-state index is -0.986. The first-order valence-corrected chi connectivity index (χ1v) is 7.46. The van der Waals surface area contributed by atoms with E-state index in [1.807, 2.05) is 0 Å². The van der Waals surface area contributed by atoms with Crippen LogP contribution in [0.25, 0.3) is 0 Å². The summed E-state index contributed by atoms with van der Waals surface area (Å²) in [6.45, 7) is 0. The van der Waals surface area contributed by atoms with Gasteiger partial charge in [0.25, 0.3) is 0 Å². The average Bonchev–Trinajstić information content (AvgIpc) is 2.64. The van der Waals surface area contributed by atoms with Gasteiger partial charge in [0.2, 0.25) is 0 Å². The van der Waals surface area contributed by atoms with E-state index in [2.05, 4.69) is 15.0 Å². The van der Waals surface area contributed by atoms with Crippen LogP contribution in [-0.4, -0.2) is 17.4 Å². The molecule has 0 unspecified atom stereocenters. The molecule has 0 aliphatic heterocycles. The van der Waals surface area contributed by atoms with E-state index in [9.17, 15) is 17.6 Å². The summed E-state index contributed by atoms with van der Waals surface area (Å²) < 4.78 is 52.1. The Kier molecular flexibility index (Phi) is 5.17. The van der Waals surface area contributed by atoms with Gasteiger partial charge < -0.3 is 0 Å². The molecule has 0 saturated heterocycles. The smallest absolute Gasteiger partial charge is 0.160 e. The van der Waals surface area contributed by atoms with E-state index in [0.717, 1.165) is 24.3 Å². The van der Waals surface area contributed by atoms with Crippen LogP contribution in [0.15, 0.2) is 64.6 Å². The monoisotopic (exact) mass is 357 g/mol. The van der Waals surface area contributed by atoms with Crippen LogP contribution in [0, 0.1) is 23.3 Å². The number of rotatable bonds is 4. The predicted molar refractivity (Wildman–Crippen MR) is 91.5 cm³/mol. The number of benzene rings is 2. The van der Waals surface area contributed by atoms with E-state index in [4.69, 9.17) is 0 Å². The standard InChI is InChI=1S/C19H11F4N3/c20-16-6-4-12(8-18(16)22)24-10-14-2-1-3-15(26-14)11-25-13-5-7-17(21)19(23)9-13/h1-11H. The Balaban J connectivity index is 1.77. The minimum Gasteiger partial charge on any atom is -0.255 e. The van der Waals surface area contributed by atoms with Crippen LogP contribution < -0.4 is 0 Å². The molecule has 0 aliphatic carbocycles. The summed E-state index contributed by atoms with van der Waals surface area (Å²) in [5.74, 6) is -3.87. The zero-order chi connectivity index (χ0) is 18.5. The molecule has 0 spiro atoms. The Morgan fingerprint density at radius 3 is 1.50 bits per heavy atom. The highest BCUT2D eigenvalue weighted by Gasteiger charge is 2.02. The van der Waals surface area contributed by atoms with Gasteiger partial charge in [-0.25, -0.2) is 22.5 Å². The molecule has 3 aromatic rings. The number of halogens is 4.